The van der Waals surface area contributed by atoms with Gasteiger partial charge < -0.3 is 4.74 Å². The van der Waals surface area contributed by atoms with Gasteiger partial charge in [0.15, 0.2) is 5.43 Å². The zero-order chi connectivity index (χ0) is 12.3. The Bertz CT molecular complexity index is 594. The maximum Gasteiger partial charge on any atom is 0.199 e. The van der Waals surface area contributed by atoms with Gasteiger partial charge >= 0.3 is 0 Å². The molecule has 0 saturated heterocycles. The van der Waals surface area contributed by atoms with Crippen LogP contribution in [-0.2, 0) is 0 Å². The van der Waals surface area contributed by atoms with E-state index in [4.69, 9.17) is 4.74 Å². The summed E-state index contributed by atoms with van der Waals surface area (Å²) in [6.07, 6.45) is 0. The molecule has 2 nitrogen and oxygen atoms in total. The first kappa shape index (κ1) is 12.1. The van der Waals surface area contributed by atoms with E-state index in [1.165, 1.54) is 0 Å². The summed E-state index contributed by atoms with van der Waals surface area (Å²) in [4.78, 5) is 12.2. The van der Waals surface area contributed by atoms with Gasteiger partial charge in [0.1, 0.15) is 5.75 Å². The van der Waals surface area contributed by atoms with E-state index in [2.05, 4.69) is 22.6 Å². The first-order chi connectivity index (χ1) is 8.24. The van der Waals surface area contributed by atoms with E-state index in [1.54, 1.807) is 7.11 Å². The van der Waals surface area contributed by atoms with Gasteiger partial charge in [0, 0.05) is 11.1 Å². The Labute approximate surface area is 113 Å². The average molecular weight is 338 g/mol. The number of hydrogen-bond acceptors (Lipinski definition) is 2. The summed E-state index contributed by atoms with van der Waals surface area (Å²) in [5, 5.41) is 0. The Hall–Kier alpha value is -1.36. The molecule has 0 aliphatic carbocycles. The molecule has 2 rings (SSSR count). The number of halogens is 1. The number of hydrogen-bond donors (Lipinski definition) is 0. The zero-order valence-corrected chi connectivity index (χ0v) is 11.5. The van der Waals surface area contributed by atoms with Crippen molar-refractivity contribution in [2.24, 2.45) is 0 Å². The predicted octanol–water partition coefficient (Wildman–Crippen LogP) is 3.33. The summed E-state index contributed by atoms with van der Waals surface area (Å²) in [5.41, 5.74) is 1.52. The highest BCUT2D eigenvalue weighted by molar-refractivity contribution is 14.1. The van der Waals surface area contributed by atoms with Crippen LogP contribution in [0.15, 0.2) is 53.3 Å². The lowest BCUT2D eigenvalue weighted by Crippen LogP contribution is -2.05. The van der Waals surface area contributed by atoms with Crippen LogP contribution in [0, 0.1) is 3.57 Å². The Morgan fingerprint density at radius 3 is 2.24 bits per heavy atom. The molecule has 0 radical (unpaired) electrons. The summed E-state index contributed by atoms with van der Waals surface area (Å²) in [6, 6.07) is 14.9. The molecule has 0 saturated carbocycles. The molecule has 2 aromatic rings. The minimum absolute atomic E-state index is 0.0279. The smallest absolute Gasteiger partial charge is 0.199 e. The zero-order valence-electron chi connectivity index (χ0n) is 9.31. The van der Waals surface area contributed by atoms with Gasteiger partial charge in [0.2, 0.25) is 0 Å². The Balaban J connectivity index is 2.74. The van der Waals surface area contributed by atoms with Gasteiger partial charge in [-0.2, -0.15) is 0 Å². The summed E-state index contributed by atoms with van der Waals surface area (Å²) in [5.74, 6) is 0.714. The fourth-order valence-electron chi connectivity index (χ4n) is 1.65. The molecule has 0 aliphatic heterocycles. The standard InChI is InChI=1S/C14H11IO2/c1-17-13-9-5-3-6-10(13)11-7-2-4-8-12(15)14(11)16/h2-9H,1H3. The third kappa shape index (κ3) is 2.49. The lowest BCUT2D eigenvalue weighted by atomic mass is 10.1. The molecular weight excluding hydrogens is 327 g/mol. The second-order valence-corrected chi connectivity index (χ2v) is 4.67. The maximum absolute atomic E-state index is 12.2. The van der Waals surface area contributed by atoms with E-state index in [0.717, 1.165) is 5.56 Å². The van der Waals surface area contributed by atoms with Gasteiger partial charge in [0.25, 0.3) is 0 Å². The largest absolute Gasteiger partial charge is 0.496 e. The first-order valence-corrected chi connectivity index (χ1v) is 6.24. The summed E-state index contributed by atoms with van der Waals surface area (Å²) >= 11 is 2.05. The van der Waals surface area contributed by atoms with Crippen LogP contribution < -0.4 is 10.2 Å². The van der Waals surface area contributed by atoms with Crippen LogP contribution in [0.2, 0.25) is 0 Å². The lowest BCUT2D eigenvalue weighted by molar-refractivity contribution is 0.416. The number of ether oxygens (including phenoxy) is 1. The van der Waals surface area contributed by atoms with Crippen molar-refractivity contribution in [1.82, 2.24) is 0 Å². The second-order valence-electron chi connectivity index (χ2n) is 3.51. The molecule has 2 aromatic carbocycles. The van der Waals surface area contributed by atoms with Crippen LogP contribution in [0.25, 0.3) is 11.1 Å². The third-order valence-electron chi connectivity index (χ3n) is 2.48. The predicted molar refractivity (Wildman–Crippen MR) is 77.4 cm³/mol. The third-order valence-corrected chi connectivity index (χ3v) is 3.32. The highest BCUT2D eigenvalue weighted by atomic mass is 127. The van der Waals surface area contributed by atoms with Gasteiger partial charge in [0.05, 0.1) is 10.7 Å². The molecule has 0 unspecified atom stereocenters. The fraction of sp³-hybridized carbons (Fsp3) is 0.0714. The first-order valence-electron chi connectivity index (χ1n) is 5.16. The van der Waals surface area contributed by atoms with E-state index in [0.29, 0.717) is 14.9 Å². The van der Waals surface area contributed by atoms with Crippen LogP contribution in [0.1, 0.15) is 0 Å². The van der Waals surface area contributed by atoms with Gasteiger partial charge in [-0.05, 0) is 34.7 Å². The molecule has 3 heteroatoms. The lowest BCUT2D eigenvalue weighted by Gasteiger charge is -2.06. The molecule has 0 fully saturated rings. The van der Waals surface area contributed by atoms with Crippen molar-refractivity contribution in [2.45, 2.75) is 0 Å². The van der Waals surface area contributed by atoms with Gasteiger partial charge in [-0.15, -0.1) is 0 Å². The van der Waals surface area contributed by atoms with E-state index in [1.807, 2.05) is 48.5 Å². The van der Waals surface area contributed by atoms with Crippen molar-refractivity contribution >= 4 is 22.6 Å². The molecule has 86 valence electrons. The van der Waals surface area contributed by atoms with Crippen LogP contribution in [0.5, 0.6) is 5.75 Å². The topological polar surface area (TPSA) is 26.3 Å². The molecule has 0 heterocycles. The summed E-state index contributed by atoms with van der Waals surface area (Å²) < 4.78 is 5.99. The Morgan fingerprint density at radius 2 is 1.53 bits per heavy atom. The molecule has 0 atom stereocenters. The highest BCUT2D eigenvalue weighted by Gasteiger charge is 2.08. The van der Waals surface area contributed by atoms with Crippen molar-refractivity contribution in [3.63, 3.8) is 0 Å². The van der Waals surface area contributed by atoms with Gasteiger partial charge in [-0.25, -0.2) is 0 Å². The second kappa shape index (κ2) is 5.31. The molecular formula is C14H11IO2. The van der Waals surface area contributed by atoms with E-state index >= 15 is 0 Å². The average Bonchev–Trinajstić information content (AvgIpc) is 2.53. The molecule has 0 spiro atoms. The number of rotatable bonds is 2. The quantitative estimate of drug-likeness (QED) is 0.786. The SMILES string of the molecule is COc1ccccc1-c1ccccc(I)c1=O. The number of benzene rings is 1. The fourth-order valence-corrected chi connectivity index (χ4v) is 2.15. The molecule has 17 heavy (non-hydrogen) atoms. The maximum atomic E-state index is 12.2. The molecule has 0 bridgehead atoms. The Morgan fingerprint density at radius 1 is 0.941 bits per heavy atom. The monoisotopic (exact) mass is 338 g/mol. The minimum atomic E-state index is 0.0279. The van der Waals surface area contributed by atoms with Crippen molar-refractivity contribution in [3.8, 4) is 16.9 Å². The highest BCUT2D eigenvalue weighted by Crippen LogP contribution is 2.27. The minimum Gasteiger partial charge on any atom is -0.496 e. The summed E-state index contributed by atoms with van der Waals surface area (Å²) in [7, 11) is 1.61. The number of para-hydroxylation sites is 1. The van der Waals surface area contributed by atoms with E-state index in [-0.39, 0.29) is 5.43 Å². The number of methoxy groups -OCH3 is 1. The van der Waals surface area contributed by atoms with Gasteiger partial charge in [-0.3, -0.25) is 4.79 Å². The molecule has 0 amide bonds. The van der Waals surface area contributed by atoms with Crippen molar-refractivity contribution in [1.29, 1.82) is 0 Å². The van der Waals surface area contributed by atoms with Crippen LogP contribution >= 0.6 is 22.6 Å². The molecule has 0 N–H and O–H groups in total. The van der Waals surface area contributed by atoms with Gasteiger partial charge in [-0.1, -0.05) is 36.4 Å². The van der Waals surface area contributed by atoms with Crippen molar-refractivity contribution in [3.05, 3.63) is 62.3 Å². The van der Waals surface area contributed by atoms with Crippen LogP contribution in [-0.4, -0.2) is 7.11 Å². The van der Waals surface area contributed by atoms with E-state index < -0.39 is 0 Å². The molecule has 0 aromatic heterocycles. The molecule has 0 aliphatic rings. The van der Waals surface area contributed by atoms with Crippen molar-refractivity contribution < 1.29 is 4.74 Å². The normalized spacial score (nSPS) is 10.0. The van der Waals surface area contributed by atoms with Crippen LogP contribution in [0.4, 0.5) is 0 Å². The van der Waals surface area contributed by atoms with Crippen LogP contribution in [0.3, 0.4) is 0 Å². The van der Waals surface area contributed by atoms with E-state index in [9.17, 15) is 4.79 Å². The van der Waals surface area contributed by atoms with Crippen molar-refractivity contribution in [2.75, 3.05) is 7.11 Å². The Kier molecular flexibility index (Phi) is 3.78. The summed E-state index contributed by atoms with van der Waals surface area (Å²) in [6.45, 7) is 0.